The summed E-state index contributed by atoms with van der Waals surface area (Å²) in [6.45, 7) is 0. The first kappa shape index (κ1) is 18.3. The molecule has 1 N–H and O–H groups in total. The lowest BCUT2D eigenvalue weighted by Crippen LogP contribution is -2.45. The minimum atomic E-state index is -0.718. The molecule has 0 spiro atoms. The molecule has 0 aliphatic heterocycles. The van der Waals surface area contributed by atoms with Crippen LogP contribution in [0.4, 0.5) is 0 Å². The zero-order chi connectivity index (χ0) is 19.4. The molecule has 4 rings (SSSR count). The van der Waals surface area contributed by atoms with E-state index < -0.39 is 5.54 Å². The van der Waals surface area contributed by atoms with Crippen molar-refractivity contribution in [2.75, 3.05) is 5.75 Å². The number of nitrogens with zero attached hydrogens (tertiary/aromatic N) is 4. The highest BCUT2D eigenvalue weighted by Crippen LogP contribution is 2.30. The number of nitriles is 1. The van der Waals surface area contributed by atoms with Crippen LogP contribution in [0.15, 0.2) is 58.3 Å². The van der Waals surface area contributed by atoms with Gasteiger partial charge in [-0.15, -0.1) is 10.2 Å². The number of aromatic nitrogens is 3. The number of amides is 1. The van der Waals surface area contributed by atoms with Gasteiger partial charge in [-0.05, 0) is 49.9 Å². The van der Waals surface area contributed by atoms with Gasteiger partial charge in [0.1, 0.15) is 5.54 Å². The predicted octanol–water partition coefficient (Wildman–Crippen LogP) is 3.57. The molecule has 0 atom stereocenters. The number of carbonyl (C=O) groups is 1. The minimum absolute atomic E-state index is 0.159. The van der Waals surface area contributed by atoms with Gasteiger partial charge in [-0.25, -0.2) is 0 Å². The Labute approximate surface area is 166 Å². The molecule has 1 aliphatic carbocycles. The molecule has 2 aromatic heterocycles. The summed E-state index contributed by atoms with van der Waals surface area (Å²) in [6, 6.07) is 15.6. The van der Waals surface area contributed by atoms with Gasteiger partial charge in [0.15, 0.2) is 10.9 Å². The monoisotopic (exact) mass is 393 g/mol. The van der Waals surface area contributed by atoms with Crippen LogP contribution >= 0.6 is 11.8 Å². The molecule has 7 nitrogen and oxygen atoms in total. The highest BCUT2D eigenvalue weighted by Gasteiger charge is 2.35. The third-order valence-corrected chi connectivity index (χ3v) is 5.70. The van der Waals surface area contributed by atoms with Crippen LogP contribution in [-0.2, 0) is 4.79 Å². The predicted molar refractivity (Wildman–Crippen MR) is 105 cm³/mol. The number of hydrogen-bond donors (Lipinski definition) is 1. The van der Waals surface area contributed by atoms with Gasteiger partial charge >= 0.3 is 0 Å². The average molecular weight is 393 g/mol. The molecule has 1 aromatic carbocycles. The number of nitrogens with one attached hydrogen (secondary N) is 1. The first-order chi connectivity index (χ1) is 13.7. The van der Waals surface area contributed by atoms with Gasteiger partial charge in [-0.3, -0.25) is 9.36 Å². The zero-order valence-corrected chi connectivity index (χ0v) is 16.0. The Hall–Kier alpha value is -3.05. The molecule has 0 bridgehead atoms. The summed E-state index contributed by atoms with van der Waals surface area (Å²) in [5.74, 6) is 1.16. The summed E-state index contributed by atoms with van der Waals surface area (Å²) in [5, 5.41) is 21.5. The maximum absolute atomic E-state index is 12.5. The van der Waals surface area contributed by atoms with E-state index in [9.17, 15) is 10.1 Å². The fourth-order valence-electron chi connectivity index (χ4n) is 3.42. The lowest BCUT2D eigenvalue weighted by molar-refractivity contribution is -0.119. The fraction of sp³-hybridized carbons (Fsp3) is 0.300. The Balaban J connectivity index is 1.55. The molecule has 1 saturated carbocycles. The number of para-hydroxylation sites is 1. The van der Waals surface area contributed by atoms with Gasteiger partial charge in [-0.2, -0.15) is 5.26 Å². The van der Waals surface area contributed by atoms with Crippen molar-refractivity contribution >= 4 is 17.7 Å². The van der Waals surface area contributed by atoms with Gasteiger partial charge in [0.25, 0.3) is 0 Å². The van der Waals surface area contributed by atoms with Crippen molar-refractivity contribution in [3.8, 4) is 23.3 Å². The van der Waals surface area contributed by atoms with Gasteiger partial charge in [0, 0.05) is 5.69 Å². The second-order valence-corrected chi connectivity index (χ2v) is 7.63. The second kappa shape index (κ2) is 7.90. The quantitative estimate of drug-likeness (QED) is 0.643. The smallest absolute Gasteiger partial charge is 0.231 e. The molecular weight excluding hydrogens is 374 g/mol. The summed E-state index contributed by atoms with van der Waals surface area (Å²) >= 11 is 1.29. The maximum atomic E-state index is 12.5. The van der Waals surface area contributed by atoms with Crippen molar-refractivity contribution in [1.82, 2.24) is 20.1 Å². The van der Waals surface area contributed by atoms with E-state index in [1.165, 1.54) is 11.8 Å². The summed E-state index contributed by atoms with van der Waals surface area (Å²) in [5.41, 5.74) is 0.162. The van der Waals surface area contributed by atoms with E-state index in [2.05, 4.69) is 21.6 Å². The number of benzene rings is 1. The van der Waals surface area contributed by atoms with Crippen LogP contribution in [0, 0.1) is 11.3 Å². The molecule has 28 heavy (non-hydrogen) atoms. The van der Waals surface area contributed by atoms with Crippen molar-refractivity contribution in [2.45, 2.75) is 36.4 Å². The molecule has 1 fully saturated rings. The van der Waals surface area contributed by atoms with E-state index in [1.54, 1.807) is 12.3 Å². The Bertz CT molecular complexity index is 986. The molecular formula is C20H19N5O2S. The van der Waals surface area contributed by atoms with Gasteiger partial charge in [0.05, 0.1) is 18.1 Å². The molecule has 3 aromatic rings. The molecule has 0 radical (unpaired) electrons. The Morgan fingerprint density at radius 3 is 2.68 bits per heavy atom. The van der Waals surface area contributed by atoms with Crippen molar-refractivity contribution in [1.29, 1.82) is 5.26 Å². The third-order valence-electron chi connectivity index (χ3n) is 4.77. The van der Waals surface area contributed by atoms with Crippen LogP contribution in [0.1, 0.15) is 25.7 Å². The van der Waals surface area contributed by atoms with Crippen molar-refractivity contribution < 1.29 is 9.21 Å². The first-order valence-electron chi connectivity index (χ1n) is 9.11. The zero-order valence-electron chi connectivity index (χ0n) is 15.2. The number of carbonyl (C=O) groups excluding carboxylic acids is 1. The minimum Gasteiger partial charge on any atom is -0.461 e. The molecule has 1 amide bonds. The van der Waals surface area contributed by atoms with E-state index >= 15 is 0 Å². The van der Waals surface area contributed by atoms with Gasteiger partial charge < -0.3 is 9.73 Å². The molecule has 1 aliphatic rings. The Kier molecular flexibility index (Phi) is 5.17. The normalized spacial score (nSPS) is 15.2. The van der Waals surface area contributed by atoms with E-state index in [0.717, 1.165) is 18.5 Å². The van der Waals surface area contributed by atoms with Crippen molar-refractivity contribution in [3.05, 3.63) is 48.7 Å². The molecule has 0 saturated heterocycles. The van der Waals surface area contributed by atoms with Crippen LogP contribution in [0.25, 0.3) is 17.3 Å². The van der Waals surface area contributed by atoms with Crippen molar-refractivity contribution in [2.24, 2.45) is 0 Å². The fourth-order valence-corrected chi connectivity index (χ4v) is 4.17. The van der Waals surface area contributed by atoms with Crippen LogP contribution < -0.4 is 5.32 Å². The average Bonchev–Trinajstić information content (AvgIpc) is 3.47. The largest absolute Gasteiger partial charge is 0.461 e. The Morgan fingerprint density at radius 2 is 2.00 bits per heavy atom. The third kappa shape index (κ3) is 3.66. The van der Waals surface area contributed by atoms with E-state index in [1.807, 2.05) is 41.0 Å². The van der Waals surface area contributed by atoms with Gasteiger partial charge in [0.2, 0.25) is 11.7 Å². The standard InChI is InChI=1S/C20H19N5O2S/c21-14-20(10-4-5-11-20)22-17(26)13-28-19-24-23-18(16-9-6-12-27-16)25(19)15-7-2-1-3-8-15/h1-3,6-9,12H,4-5,10-11,13H2,(H,22,26). The molecule has 0 unspecified atom stereocenters. The van der Waals surface area contributed by atoms with Crippen LogP contribution in [0.2, 0.25) is 0 Å². The van der Waals surface area contributed by atoms with E-state index in [0.29, 0.717) is 29.6 Å². The maximum Gasteiger partial charge on any atom is 0.231 e. The number of rotatable bonds is 6. The lowest BCUT2D eigenvalue weighted by Gasteiger charge is -2.21. The summed E-state index contributed by atoms with van der Waals surface area (Å²) < 4.78 is 7.36. The van der Waals surface area contributed by atoms with E-state index in [-0.39, 0.29) is 11.7 Å². The second-order valence-electron chi connectivity index (χ2n) is 6.69. The SMILES string of the molecule is N#CC1(NC(=O)CSc2nnc(-c3ccco3)n2-c2ccccc2)CCCC1. The van der Waals surface area contributed by atoms with Crippen LogP contribution in [0.3, 0.4) is 0 Å². The highest BCUT2D eigenvalue weighted by atomic mass is 32.2. The number of furan rings is 1. The van der Waals surface area contributed by atoms with Crippen LogP contribution in [-0.4, -0.2) is 32.0 Å². The Morgan fingerprint density at radius 1 is 1.21 bits per heavy atom. The topological polar surface area (TPSA) is 96.7 Å². The number of thioether (sulfide) groups is 1. The molecule has 8 heteroatoms. The molecule has 142 valence electrons. The lowest BCUT2D eigenvalue weighted by atomic mass is 10.0. The van der Waals surface area contributed by atoms with Crippen molar-refractivity contribution in [3.63, 3.8) is 0 Å². The van der Waals surface area contributed by atoms with E-state index in [4.69, 9.17) is 4.42 Å². The summed E-state index contributed by atoms with van der Waals surface area (Å²) in [7, 11) is 0. The molecule has 2 heterocycles. The first-order valence-corrected chi connectivity index (χ1v) is 10.1. The van der Waals surface area contributed by atoms with Gasteiger partial charge in [-0.1, -0.05) is 30.0 Å². The summed E-state index contributed by atoms with van der Waals surface area (Å²) in [6.07, 6.45) is 4.94. The highest BCUT2D eigenvalue weighted by molar-refractivity contribution is 7.99. The van der Waals surface area contributed by atoms with Crippen LogP contribution in [0.5, 0.6) is 0 Å². The summed E-state index contributed by atoms with van der Waals surface area (Å²) in [4.78, 5) is 12.5. The number of hydrogen-bond acceptors (Lipinski definition) is 6.